The van der Waals surface area contributed by atoms with Gasteiger partial charge in [-0.2, -0.15) is 0 Å². The predicted molar refractivity (Wildman–Crippen MR) is 129 cm³/mol. The number of ether oxygens (including phenoxy) is 2. The second-order valence-corrected chi connectivity index (χ2v) is 7.89. The Bertz CT molecular complexity index is 1030. The molecule has 1 aliphatic rings. The number of benzene rings is 2. The van der Waals surface area contributed by atoms with Gasteiger partial charge in [0.25, 0.3) is 5.91 Å². The highest BCUT2D eigenvalue weighted by atomic mass is 16.5. The Morgan fingerprint density at radius 3 is 2.15 bits per heavy atom. The van der Waals surface area contributed by atoms with Crippen molar-refractivity contribution in [2.24, 2.45) is 0 Å². The lowest BCUT2D eigenvalue weighted by Crippen LogP contribution is -2.44. The number of likely N-dealkylation sites (N-methyl/N-ethyl adjacent to an activating group) is 1. The smallest absolute Gasteiger partial charge is 0.262 e. The highest BCUT2D eigenvalue weighted by Gasteiger charge is 2.15. The molecule has 8 nitrogen and oxygen atoms in total. The summed E-state index contributed by atoms with van der Waals surface area (Å²) >= 11 is 0. The monoisotopic (exact) mass is 447 g/mol. The zero-order valence-corrected chi connectivity index (χ0v) is 19.0. The maximum absolute atomic E-state index is 12.2. The molecule has 1 amide bonds. The van der Waals surface area contributed by atoms with Crippen molar-refractivity contribution >= 4 is 17.4 Å². The van der Waals surface area contributed by atoms with E-state index >= 15 is 0 Å². The summed E-state index contributed by atoms with van der Waals surface area (Å²) in [6.07, 6.45) is 0. The minimum Gasteiger partial charge on any atom is -0.494 e. The van der Waals surface area contributed by atoms with Crippen LogP contribution in [0.15, 0.2) is 60.7 Å². The van der Waals surface area contributed by atoms with Crippen LogP contribution in [-0.4, -0.2) is 67.4 Å². The molecule has 0 spiro atoms. The molecule has 1 aliphatic heterocycles. The van der Waals surface area contributed by atoms with Gasteiger partial charge in [0.1, 0.15) is 11.5 Å². The first-order chi connectivity index (χ1) is 16.1. The largest absolute Gasteiger partial charge is 0.494 e. The van der Waals surface area contributed by atoms with E-state index in [2.05, 4.69) is 32.4 Å². The van der Waals surface area contributed by atoms with E-state index in [0.717, 1.165) is 49.0 Å². The van der Waals surface area contributed by atoms with E-state index in [1.165, 1.54) is 0 Å². The van der Waals surface area contributed by atoms with Crippen molar-refractivity contribution in [1.29, 1.82) is 0 Å². The molecule has 33 heavy (non-hydrogen) atoms. The Morgan fingerprint density at radius 2 is 1.55 bits per heavy atom. The van der Waals surface area contributed by atoms with E-state index in [4.69, 9.17) is 9.47 Å². The van der Waals surface area contributed by atoms with E-state index in [1.54, 1.807) is 12.1 Å². The number of aromatic nitrogens is 2. The van der Waals surface area contributed by atoms with E-state index < -0.39 is 0 Å². The molecule has 0 aliphatic carbocycles. The molecule has 3 aromatic rings. The summed E-state index contributed by atoms with van der Waals surface area (Å²) in [6, 6.07) is 18.7. The molecule has 0 unspecified atom stereocenters. The maximum atomic E-state index is 12.2. The second kappa shape index (κ2) is 10.8. The number of amides is 1. The number of hydrogen-bond acceptors (Lipinski definition) is 7. The molecule has 0 bridgehead atoms. The van der Waals surface area contributed by atoms with Crippen LogP contribution in [0.3, 0.4) is 0 Å². The first-order valence-corrected chi connectivity index (χ1v) is 11.1. The zero-order valence-electron chi connectivity index (χ0n) is 19.0. The summed E-state index contributed by atoms with van der Waals surface area (Å²) < 4.78 is 10.9. The molecule has 1 aromatic heterocycles. The average molecular weight is 448 g/mol. The van der Waals surface area contributed by atoms with Crippen LogP contribution >= 0.6 is 0 Å². The SMILES string of the molecule is CCOc1ccc(OCC(=O)Nc2ccc(-c3ccc(N4CCN(C)CC4)nn3)cc2)cc1. The van der Waals surface area contributed by atoms with Crippen LogP contribution in [0.25, 0.3) is 11.3 Å². The zero-order chi connectivity index (χ0) is 23.0. The van der Waals surface area contributed by atoms with Crippen molar-refractivity contribution in [3.63, 3.8) is 0 Å². The molecule has 0 atom stereocenters. The number of nitrogens with zero attached hydrogens (tertiary/aromatic N) is 4. The molecule has 1 saturated heterocycles. The Balaban J connectivity index is 1.28. The Labute approximate surface area is 194 Å². The van der Waals surface area contributed by atoms with Gasteiger partial charge in [-0.05, 0) is 62.5 Å². The van der Waals surface area contributed by atoms with Crippen molar-refractivity contribution in [3.8, 4) is 22.8 Å². The van der Waals surface area contributed by atoms with Gasteiger partial charge in [-0.25, -0.2) is 0 Å². The van der Waals surface area contributed by atoms with Crippen LogP contribution in [0.4, 0.5) is 11.5 Å². The van der Waals surface area contributed by atoms with E-state index in [-0.39, 0.29) is 12.5 Å². The van der Waals surface area contributed by atoms with Crippen LogP contribution in [0.5, 0.6) is 11.5 Å². The number of hydrogen-bond donors (Lipinski definition) is 1. The molecule has 4 rings (SSSR count). The van der Waals surface area contributed by atoms with E-state index in [9.17, 15) is 4.79 Å². The third-order valence-electron chi connectivity index (χ3n) is 5.45. The fourth-order valence-corrected chi connectivity index (χ4v) is 3.55. The second-order valence-electron chi connectivity index (χ2n) is 7.89. The summed E-state index contributed by atoms with van der Waals surface area (Å²) in [5, 5.41) is 11.6. The molecular formula is C25H29N5O3. The molecule has 2 heterocycles. The number of piperazine rings is 1. The Morgan fingerprint density at radius 1 is 0.879 bits per heavy atom. The molecule has 8 heteroatoms. The minimum absolute atomic E-state index is 0.0744. The number of anilines is 2. The average Bonchev–Trinajstić information content (AvgIpc) is 2.85. The van der Waals surface area contributed by atoms with Gasteiger partial charge in [-0.3, -0.25) is 4.79 Å². The van der Waals surface area contributed by atoms with Crippen molar-refractivity contribution in [2.75, 3.05) is 56.7 Å². The summed E-state index contributed by atoms with van der Waals surface area (Å²) in [5.74, 6) is 2.06. The third-order valence-corrected chi connectivity index (χ3v) is 5.45. The van der Waals surface area contributed by atoms with E-state index in [0.29, 0.717) is 18.0 Å². The van der Waals surface area contributed by atoms with Crippen molar-refractivity contribution in [2.45, 2.75) is 6.92 Å². The first-order valence-electron chi connectivity index (χ1n) is 11.1. The molecular weight excluding hydrogens is 418 g/mol. The number of carbonyl (C=O) groups excluding carboxylic acids is 1. The van der Waals surface area contributed by atoms with Crippen LogP contribution in [0, 0.1) is 0 Å². The van der Waals surface area contributed by atoms with Gasteiger partial charge in [-0.1, -0.05) is 12.1 Å². The van der Waals surface area contributed by atoms with Gasteiger partial charge in [0.15, 0.2) is 12.4 Å². The molecule has 1 fully saturated rings. The lowest BCUT2D eigenvalue weighted by atomic mass is 10.1. The summed E-state index contributed by atoms with van der Waals surface area (Å²) in [6.45, 7) is 6.44. The quantitative estimate of drug-likeness (QED) is 0.567. The van der Waals surface area contributed by atoms with Gasteiger partial charge < -0.3 is 24.6 Å². The highest BCUT2D eigenvalue weighted by molar-refractivity contribution is 5.92. The van der Waals surface area contributed by atoms with Gasteiger partial charge in [0, 0.05) is 37.4 Å². The van der Waals surface area contributed by atoms with Crippen LogP contribution in [-0.2, 0) is 4.79 Å². The minimum atomic E-state index is -0.229. The normalized spacial score (nSPS) is 14.1. The molecule has 1 N–H and O–H groups in total. The summed E-state index contributed by atoms with van der Waals surface area (Å²) in [7, 11) is 2.13. The number of rotatable bonds is 8. The van der Waals surface area contributed by atoms with Crippen molar-refractivity contribution in [3.05, 3.63) is 60.7 Å². The number of carbonyl (C=O) groups is 1. The summed E-state index contributed by atoms with van der Waals surface area (Å²) in [5.41, 5.74) is 2.43. The van der Waals surface area contributed by atoms with Gasteiger partial charge in [-0.15, -0.1) is 10.2 Å². The highest BCUT2D eigenvalue weighted by Crippen LogP contribution is 2.22. The topological polar surface area (TPSA) is 79.8 Å². The fourth-order valence-electron chi connectivity index (χ4n) is 3.55. The lowest BCUT2D eigenvalue weighted by Gasteiger charge is -2.32. The maximum Gasteiger partial charge on any atom is 0.262 e. The number of nitrogens with one attached hydrogen (secondary N) is 1. The van der Waals surface area contributed by atoms with Gasteiger partial charge in [0.05, 0.1) is 12.3 Å². The lowest BCUT2D eigenvalue weighted by molar-refractivity contribution is -0.118. The van der Waals surface area contributed by atoms with E-state index in [1.807, 2.05) is 55.5 Å². The Kier molecular flexibility index (Phi) is 7.36. The Hall–Kier alpha value is -3.65. The van der Waals surface area contributed by atoms with Crippen molar-refractivity contribution < 1.29 is 14.3 Å². The molecule has 172 valence electrons. The molecule has 2 aromatic carbocycles. The molecule has 0 saturated carbocycles. The third kappa shape index (κ3) is 6.20. The van der Waals surface area contributed by atoms with Crippen LogP contribution in [0.2, 0.25) is 0 Å². The van der Waals surface area contributed by atoms with Crippen LogP contribution in [0.1, 0.15) is 6.92 Å². The van der Waals surface area contributed by atoms with Crippen molar-refractivity contribution in [1.82, 2.24) is 15.1 Å². The van der Waals surface area contributed by atoms with Crippen LogP contribution < -0.4 is 19.7 Å². The molecule has 0 radical (unpaired) electrons. The van der Waals surface area contributed by atoms with Gasteiger partial charge >= 0.3 is 0 Å². The first kappa shape index (κ1) is 22.5. The summed E-state index contributed by atoms with van der Waals surface area (Å²) in [4.78, 5) is 16.8. The fraction of sp³-hybridized carbons (Fsp3) is 0.320. The van der Waals surface area contributed by atoms with Gasteiger partial charge in [0.2, 0.25) is 0 Å². The predicted octanol–water partition coefficient (Wildman–Crippen LogP) is 3.31. The standard InChI is InChI=1S/C25H29N5O3/c1-3-32-21-8-10-22(11-9-21)33-18-25(31)26-20-6-4-19(5-7-20)23-12-13-24(28-27-23)30-16-14-29(2)15-17-30/h4-13H,3,14-18H2,1-2H3,(H,26,31).